The van der Waals surface area contributed by atoms with Crippen LogP contribution >= 0.6 is 0 Å². The molecule has 2 atom stereocenters. The Morgan fingerprint density at radius 1 is 1.43 bits per heavy atom. The number of hydrogen-bond donors (Lipinski definition) is 1. The zero-order chi connectivity index (χ0) is 9.80. The van der Waals surface area contributed by atoms with E-state index in [-0.39, 0.29) is 18.0 Å². The maximum atomic E-state index is 11.6. The SMILES string of the molecule is O=C(OC1CCOC1)C1CCCNC1. The van der Waals surface area contributed by atoms with E-state index in [4.69, 9.17) is 9.47 Å². The summed E-state index contributed by atoms with van der Waals surface area (Å²) < 4.78 is 10.5. The van der Waals surface area contributed by atoms with Gasteiger partial charge >= 0.3 is 5.97 Å². The van der Waals surface area contributed by atoms with Crippen LogP contribution in [0.2, 0.25) is 0 Å². The van der Waals surface area contributed by atoms with Gasteiger partial charge in [0, 0.05) is 13.0 Å². The molecule has 4 heteroatoms. The fourth-order valence-electron chi connectivity index (χ4n) is 1.92. The summed E-state index contributed by atoms with van der Waals surface area (Å²) in [6.07, 6.45) is 2.89. The van der Waals surface area contributed by atoms with Crippen molar-refractivity contribution in [1.29, 1.82) is 0 Å². The average Bonchev–Trinajstić information content (AvgIpc) is 2.72. The highest BCUT2D eigenvalue weighted by Gasteiger charge is 2.26. The fraction of sp³-hybridized carbons (Fsp3) is 0.900. The van der Waals surface area contributed by atoms with Crippen molar-refractivity contribution in [1.82, 2.24) is 5.32 Å². The average molecular weight is 199 g/mol. The predicted octanol–water partition coefficient (Wildman–Crippen LogP) is 0.318. The Morgan fingerprint density at radius 3 is 3.00 bits per heavy atom. The molecular weight excluding hydrogens is 182 g/mol. The lowest BCUT2D eigenvalue weighted by molar-refractivity contribution is -0.154. The van der Waals surface area contributed by atoms with E-state index >= 15 is 0 Å². The third kappa shape index (κ3) is 2.45. The van der Waals surface area contributed by atoms with Crippen molar-refractivity contribution in [3.05, 3.63) is 0 Å². The maximum absolute atomic E-state index is 11.6. The molecule has 2 fully saturated rings. The summed E-state index contributed by atoms with van der Waals surface area (Å²) in [5.41, 5.74) is 0. The van der Waals surface area contributed by atoms with E-state index in [1.807, 2.05) is 0 Å². The van der Waals surface area contributed by atoms with Gasteiger partial charge in [-0.25, -0.2) is 0 Å². The minimum atomic E-state index is -0.0484. The molecule has 0 bridgehead atoms. The molecule has 2 saturated heterocycles. The summed E-state index contributed by atoms with van der Waals surface area (Å²) in [6, 6.07) is 0. The van der Waals surface area contributed by atoms with Crippen LogP contribution in [0.3, 0.4) is 0 Å². The monoisotopic (exact) mass is 199 g/mol. The third-order valence-corrected chi connectivity index (χ3v) is 2.80. The van der Waals surface area contributed by atoms with Crippen molar-refractivity contribution in [2.24, 2.45) is 5.92 Å². The second-order valence-electron chi connectivity index (χ2n) is 3.97. The summed E-state index contributed by atoms with van der Waals surface area (Å²) >= 11 is 0. The molecule has 2 aliphatic heterocycles. The minimum absolute atomic E-state index is 0.00410. The first-order valence-electron chi connectivity index (χ1n) is 5.35. The number of piperidine rings is 1. The largest absolute Gasteiger partial charge is 0.460 e. The molecule has 2 heterocycles. The summed E-state index contributed by atoms with van der Waals surface area (Å²) in [4.78, 5) is 11.6. The van der Waals surface area contributed by atoms with Gasteiger partial charge in [-0.3, -0.25) is 4.79 Å². The van der Waals surface area contributed by atoms with Crippen molar-refractivity contribution in [3.8, 4) is 0 Å². The van der Waals surface area contributed by atoms with Crippen LogP contribution in [0.25, 0.3) is 0 Å². The molecule has 0 saturated carbocycles. The van der Waals surface area contributed by atoms with Crippen LogP contribution < -0.4 is 5.32 Å². The lowest BCUT2D eigenvalue weighted by atomic mass is 10.00. The van der Waals surface area contributed by atoms with E-state index in [1.54, 1.807) is 0 Å². The number of carbonyl (C=O) groups is 1. The van der Waals surface area contributed by atoms with Crippen LogP contribution in [0.4, 0.5) is 0 Å². The molecule has 1 N–H and O–H groups in total. The Balaban J connectivity index is 1.75. The van der Waals surface area contributed by atoms with Gasteiger partial charge in [0.15, 0.2) is 0 Å². The van der Waals surface area contributed by atoms with Crippen LogP contribution in [0.1, 0.15) is 19.3 Å². The second kappa shape index (κ2) is 4.75. The zero-order valence-electron chi connectivity index (χ0n) is 8.33. The Hall–Kier alpha value is -0.610. The molecule has 4 nitrogen and oxygen atoms in total. The number of hydrogen-bond acceptors (Lipinski definition) is 4. The van der Waals surface area contributed by atoms with E-state index in [2.05, 4.69) is 5.32 Å². The quantitative estimate of drug-likeness (QED) is 0.651. The Labute approximate surface area is 84.0 Å². The third-order valence-electron chi connectivity index (χ3n) is 2.80. The highest BCUT2D eigenvalue weighted by atomic mass is 16.6. The van der Waals surface area contributed by atoms with Gasteiger partial charge in [0.1, 0.15) is 6.10 Å². The topological polar surface area (TPSA) is 47.6 Å². The van der Waals surface area contributed by atoms with Gasteiger partial charge in [-0.1, -0.05) is 0 Å². The van der Waals surface area contributed by atoms with Gasteiger partial charge in [-0.05, 0) is 19.4 Å². The number of nitrogens with one attached hydrogen (secondary N) is 1. The zero-order valence-corrected chi connectivity index (χ0v) is 8.33. The molecule has 80 valence electrons. The number of ether oxygens (including phenoxy) is 2. The Morgan fingerprint density at radius 2 is 2.36 bits per heavy atom. The summed E-state index contributed by atoms with van der Waals surface area (Å²) in [6.45, 7) is 3.09. The highest BCUT2D eigenvalue weighted by molar-refractivity contribution is 5.73. The minimum Gasteiger partial charge on any atom is -0.460 e. The normalized spacial score (nSPS) is 32.9. The van der Waals surface area contributed by atoms with Crippen molar-refractivity contribution >= 4 is 5.97 Å². The molecule has 0 aromatic heterocycles. The van der Waals surface area contributed by atoms with E-state index in [0.29, 0.717) is 6.61 Å². The van der Waals surface area contributed by atoms with Crippen LogP contribution in [0.15, 0.2) is 0 Å². The molecule has 14 heavy (non-hydrogen) atoms. The molecule has 0 aromatic rings. The van der Waals surface area contributed by atoms with Gasteiger partial charge in [-0.15, -0.1) is 0 Å². The van der Waals surface area contributed by atoms with Gasteiger partial charge in [0.2, 0.25) is 0 Å². The van der Waals surface area contributed by atoms with Gasteiger partial charge in [0.05, 0.1) is 19.1 Å². The molecule has 0 radical (unpaired) electrons. The van der Waals surface area contributed by atoms with Crippen LogP contribution in [0.5, 0.6) is 0 Å². The molecular formula is C10H17NO3. The van der Waals surface area contributed by atoms with E-state index in [9.17, 15) is 4.79 Å². The Kier molecular flexibility index (Phi) is 3.37. The van der Waals surface area contributed by atoms with Crippen molar-refractivity contribution < 1.29 is 14.3 Å². The van der Waals surface area contributed by atoms with E-state index in [0.717, 1.165) is 39.0 Å². The first kappa shape index (κ1) is 9.93. The van der Waals surface area contributed by atoms with Crippen LogP contribution in [-0.4, -0.2) is 38.4 Å². The standard InChI is InChI=1S/C10H17NO3/c12-10(8-2-1-4-11-6-8)14-9-3-5-13-7-9/h8-9,11H,1-7H2. The summed E-state index contributed by atoms with van der Waals surface area (Å²) in [7, 11) is 0. The number of carbonyl (C=O) groups excluding carboxylic acids is 1. The fourth-order valence-corrected chi connectivity index (χ4v) is 1.92. The molecule has 0 amide bonds. The van der Waals surface area contributed by atoms with Gasteiger partial charge in [0.25, 0.3) is 0 Å². The van der Waals surface area contributed by atoms with Crippen molar-refractivity contribution in [2.75, 3.05) is 26.3 Å². The molecule has 0 aromatic carbocycles. The van der Waals surface area contributed by atoms with Gasteiger partial charge in [-0.2, -0.15) is 0 Å². The Bertz CT molecular complexity index is 196. The molecule has 0 spiro atoms. The number of rotatable bonds is 2. The van der Waals surface area contributed by atoms with Gasteiger partial charge < -0.3 is 14.8 Å². The summed E-state index contributed by atoms with van der Waals surface area (Å²) in [5, 5.41) is 3.21. The van der Waals surface area contributed by atoms with Crippen LogP contribution in [-0.2, 0) is 14.3 Å². The second-order valence-corrected chi connectivity index (χ2v) is 3.97. The van der Waals surface area contributed by atoms with Crippen molar-refractivity contribution in [3.63, 3.8) is 0 Å². The molecule has 2 aliphatic rings. The molecule has 2 unspecified atom stereocenters. The van der Waals surface area contributed by atoms with E-state index < -0.39 is 0 Å². The van der Waals surface area contributed by atoms with Crippen molar-refractivity contribution in [2.45, 2.75) is 25.4 Å². The number of esters is 1. The molecule has 0 aliphatic carbocycles. The molecule has 2 rings (SSSR count). The first-order chi connectivity index (χ1) is 6.86. The first-order valence-corrected chi connectivity index (χ1v) is 5.35. The lowest BCUT2D eigenvalue weighted by Crippen LogP contribution is -2.36. The smallest absolute Gasteiger partial charge is 0.310 e. The highest BCUT2D eigenvalue weighted by Crippen LogP contribution is 2.15. The van der Waals surface area contributed by atoms with E-state index in [1.165, 1.54) is 0 Å². The summed E-state index contributed by atoms with van der Waals surface area (Å²) in [5.74, 6) is 0.0112. The lowest BCUT2D eigenvalue weighted by Gasteiger charge is -2.22. The predicted molar refractivity (Wildman–Crippen MR) is 50.9 cm³/mol. The van der Waals surface area contributed by atoms with Crippen LogP contribution in [0, 0.1) is 5.92 Å². The maximum Gasteiger partial charge on any atom is 0.310 e.